The molecule has 0 fully saturated rings. The molecule has 2 atom stereocenters. The fraction of sp³-hybridized carbons (Fsp3) is 0.222. The molecule has 1 nitrogen and oxygen atoms in total. The van der Waals surface area contributed by atoms with Gasteiger partial charge in [0.2, 0.25) is 0 Å². The fourth-order valence-corrected chi connectivity index (χ4v) is 4.73. The molecule has 2 N–H and O–H groups in total. The summed E-state index contributed by atoms with van der Waals surface area (Å²) in [4.78, 5) is 3.98. The van der Waals surface area contributed by atoms with Crippen molar-refractivity contribution in [3.8, 4) is 0 Å². The van der Waals surface area contributed by atoms with Gasteiger partial charge in [0.15, 0.2) is 0 Å². The van der Waals surface area contributed by atoms with Gasteiger partial charge in [-0.15, -0.1) is 23.1 Å². The Hall–Kier alpha value is -1.29. The Morgan fingerprint density at radius 2 is 1.76 bits per heavy atom. The van der Waals surface area contributed by atoms with Gasteiger partial charge >= 0.3 is 0 Å². The van der Waals surface area contributed by atoms with Crippen molar-refractivity contribution >= 4 is 33.9 Å². The summed E-state index contributed by atoms with van der Waals surface area (Å²) in [5.41, 5.74) is 6.22. The van der Waals surface area contributed by atoms with Gasteiger partial charge in [-0.25, -0.2) is 0 Å². The number of hydrogen-bond acceptors (Lipinski definition) is 3. The highest BCUT2D eigenvalue weighted by molar-refractivity contribution is 7.99. The zero-order valence-corrected chi connectivity index (χ0v) is 13.9. The highest BCUT2D eigenvalue weighted by atomic mass is 32.2. The quantitative estimate of drug-likeness (QED) is 0.653. The minimum atomic E-state index is 0.125. The summed E-state index contributed by atoms with van der Waals surface area (Å²) in [6.45, 7) is 4.24. The van der Waals surface area contributed by atoms with E-state index in [9.17, 15) is 0 Å². The minimum absolute atomic E-state index is 0.125. The van der Waals surface area contributed by atoms with Crippen LogP contribution in [0.5, 0.6) is 0 Å². The van der Waals surface area contributed by atoms with Gasteiger partial charge in [-0.2, -0.15) is 0 Å². The van der Waals surface area contributed by atoms with Crippen molar-refractivity contribution in [2.45, 2.75) is 30.0 Å². The number of thioether (sulfide) groups is 1. The van der Waals surface area contributed by atoms with E-state index in [0.717, 1.165) is 0 Å². The Morgan fingerprint density at radius 3 is 2.43 bits per heavy atom. The number of fused-ring (bicyclic) bond motifs is 1. The van der Waals surface area contributed by atoms with Gasteiger partial charge in [0.25, 0.3) is 0 Å². The van der Waals surface area contributed by atoms with Gasteiger partial charge in [0.1, 0.15) is 0 Å². The van der Waals surface area contributed by atoms with Gasteiger partial charge in [-0.05, 0) is 48.9 Å². The maximum absolute atomic E-state index is 6.22. The van der Waals surface area contributed by atoms with Crippen LogP contribution >= 0.6 is 23.1 Å². The molecular weight excluding hydrogens is 294 g/mol. The minimum Gasteiger partial charge on any atom is -0.327 e. The molecule has 2 aromatic carbocycles. The largest absolute Gasteiger partial charge is 0.327 e. The van der Waals surface area contributed by atoms with E-state index >= 15 is 0 Å². The van der Waals surface area contributed by atoms with Crippen LogP contribution in [0.4, 0.5) is 0 Å². The smallest absolute Gasteiger partial charge is 0.0586 e. The topological polar surface area (TPSA) is 26.0 Å². The van der Waals surface area contributed by atoms with E-state index in [0.29, 0.717) is 5.25 Å². The predicted molar refractivity (Wildman–Crippen MR) is 95.3 cm³/mol. The molecule has 0 saturated carbocycles. The van der Waals surface area contributed by atoms with Crippen molar-refractivity contribution in [2.75, 3.05) is 0 Å². The van der Waals surface area contributed by atoms with Crippen molar-refractivity contribution in [3.05, 3.63) is 64.4 Å². The van der Waals surface area contributed by atoms with Crippen molar-refractivity contribution < 1.29 is 0 Å². The van der Waals surface area contributed by atoms with E-state index in [4.69, 9.17) is 5.73 Å². The molecule has 0 spiro atoms. The molecule has 0 aliphatic heterocycles. The molecule has 0 aliphatic carbocycles. The van der Waals surface area contributed by atoms with Gasteiger partial charge in [0.05, 0.1) is 5.25 Å². The maximum atomic E-state index is 6.22. The lowest BCUT2D eigenvalue weighted by molar-refractivity contribution is 0.730. The lowest BCUT2D eigenvalue weighted by Gasteiger charge is -2.19. The van der Waals surface area contributed by atoms with E-state index in [1.54, 1.807) is 0 Å². The Morgan fingerprint density at radius 1 is 1.00 bits per heavy atom. The summed E-state index contributed by atoms with van der Waals surface area (Å²) in [7, 11) is 0. The maximum Gasteiger partial charge on any atom is 0.0586 e. The molecule has 0 radical (unpaired) electrons. The van der Waals surface area contributed by atoms with Crippen LogP contribution in [-0.2, 0) is 0 Å². The molecule has 108 valence electrons. The van der Waals surface area contributed by atoms with E-state index < -0.39 is 0 Å². The van der Waals surface area contributed by atoms with Crippen molar-refractivity contribution in [1.82, 2.24) is 0 Å². The van der Waals surface area contributed by atoms with Gasteiger partial charge in [-0.3, -0.25) is 0 Å². The number of rotatable bonds is 4. The average Bonchev–Trinajstić information content (AvgIpc) is 2.90. The molecule has 0 aliphatic rings. The number of nitrogens with two attached hydrogens (primary N) is 1. The van der Waals surface area contributed by atoms with Crippen LogP contribution in [0, 0.1) is 6.92 Å². The van der Waals surface area contributed by atoms with Crippen molar-refractivity contribution in [2.24, 2.45) is 5.73 Å². The molecule has 3 heteroatoms. The molecule has 1 heterocycles. The highest BCUT2D eigenvalue weighted by Gasteiger charge is 2.19. The SMILES string of the molecule is Cc1ccc(C(Sc2ccc3ccccc3c2)C(C)N)s1. The second-order valence-corrected chi connectivity index (χ2v) is 7.89. The normalized spacial score (nSPS) is 14.2. The van der Waals surface area contributed by atoms with E-state index in [1.165, 1.54) is 25.4 Å². The highest BCUT2D eigenvalue weighted by Crippen LogP contribution is 2.40. The Kier molecular flexibility index (Phi) is 4.34. The number of benzene rings is 2. The van der Waals surface area contributed by atoms with Crippen LogP contribution in [-0.4, -0.2) is 6.04 Å². The van der Waals surface area contributed by atoms with Gasteiger partial charge in [0, 0.05) is 20.7 Å². The molecule has 3 rings (SSSR count). The van der Waals surface area contributed by atoms with Crippen LogP contribution in [0.15, 0.2) is 59.5 Å². The first kappa shape index (κ1) is 14.6. The molecule has 1 aromatic heterocycles. The number of thiophene rings is 1. The molecule has 2 unspecified atom stereocenters. The second kappa shape index (κ2) is 6.22. The van der Waals surface area contributed by atoms with Crippen LogP contribution in [0.2, 0.25) is 0 Å². The molecule has 3 aromatic rings. The van der Waals surface area contributed by atoms with E-state index in [2.05, 4.69) is 68.4 Å². The zero-order valence-electron chi connectivity index (χ0n) is 12.2. The lowest BCUT2D eigenvalue weighted by atomic mass is 10.1. The monoisotopic (exact) mass is 313 g/mol. The van der Waals surface area contributed by atoms with Crippen LogP contribution < -0.4 is 5.73 Å². The summed E-state index contributed by atoms with van der Waals surface area (Å²) in [5.74, 6) is 0. The molecule has 0 saturated heterocycles. The van der Waals surface area contributed by atoms with Crippen LogP contribution in [0.1, 0.15) is 21.9 Å². The van der Waals surface area contributed by atoms with Crippen molar-refractivity contribution in [1.29, 1.82) is 0 Å². The van der Waals surface area contributed by atoms with Crippen LogP contribution in [0.25, 0.3) is 10.8 Å². The predicted octanol–water partition coefficient (Wildman–Crippen LogP) is 5.39. The summed E-state index contributed by atoms with van der Waals surface area (Å²) in [5, 5.41) is 2.88. The molecule has 0 amide bonds. The molecular formula is C18H19NS2. The standard InChI is InChI=1S/C18H19NS2/c1-12-7-10-17(20-12)18(13(2)19)21-16-9-8-14-5-3-4-6-15(14)11-16/h3-11,13,18H,19H2,1-2H3. The third kappa shape index (κ3) is 3.31. The number of hydrogen-bond donors (Lipinski definition) is 1. The van der Waals surface area contributed by atoms with Gasteiger partial charge in [-0.1, -0.05) is 30.3 Å². The first-order chi connectivity index (χ1) is 10.1. The number of aryl methyl sites for hydroxylation is 1. The fourth-order valence-electron chi connectivity index (χ4n) is 2.42. The zero-order chi connectivity index (χ0) is 14.8. The van der Waals surface area contributed by atoms with Crippen LogP contribution in [0.3, 0.4) is 0 Å². The Bertz CT molecular complexity index is 746. The average molecular weight is 313 g/mol. The molecule has 21 heavy (non-hydrogen) atoms. The first-order valence-corrected chi connectivity index (χ1v) is 8.80. The first-order valence-electron chi connectivity index (χ1n) is 7.11. The Labute approximate surface area is 134 Å². The second-order valence-electron chi connectivity index (χ2n) is 5.35. The summed E-state index contributed by atoms with van der Waals surface area (Å²) < 4.78 is 0. The van der Waals surface area contributed by atoms with Gasteiger partial charge < -0.3 is 5.73 Å². The Balaban J connectivity index is 1.90. The lowest BCUT2D eigenvalue weighted by Crippen LogP contribution is -2.21. The molecule has 0 bridgehead atoms. The third-order valence-electron chi connectivity index (χ3n) is 3.50. The summed E-state index contributed by atoms with van der Waals surface area (Å²) in [6, 6.07) is 19.6. The van der Waals surface area contributed by atoms with Crippen molar-refractivity contribution in [3.63, 3.8) is 0 Å². The van der Waals surface area contributed by atoms with E-state index in [1.807, 2.05) is 23.1 Å². The van der Waals surface area contributed by atoms with E-state index in [-0.39, 0.29) is 6.04 Å². The third-order valence-corrected chi connectivity index (χ3v) is 6.20. The summed E-state index contributed by atoms with van der Waals surface area (Å²) >= 11 is 3.71. The summed E-state index contributed by atoms with van der Waals surface area (Å²) in [6.07, 6.45) is 0.